The Bertz CT molecular complexity index is 990. The van der Waals surface area contributed by atoms with E-state index in [1.807, 2.05) is 46.9 Å². The number of benzene rings is 1. The van der Waals surface area contributed by atoms with Crippen LogP contribution in [0.3, 0.4) is 0 Å². The highest BCUT2D eigenvalue weighted by atomic mass is 16.3. The number of aliphatic hydroxyl groups is 1. The minimum Gasteiger partial charge on any atom is -0.386 e. The Morgan fingerprint density at radius 1 is 1.31 bits per heavy atom. The minimum absolute atomic E-state index is 0.192. The number of amides is 1. The molecule has 2 N–H and O–H groups in total. The van der Waals surface area contributed by atoms with Gasteiger partial charge in [0.05, 0.1) is 6.33 Å². The van der Waals surface area contributed by atoms with Crippen LogP contribution in [0.1, 0.15) is 28.0 Å². The first kappa shape index (κ1) is 19.1. The van der Waals surface area contributed by atoms with Gasteiger partial charge in [0.15, 0.2) is 0 Å². The number of rotatable bonds is 6. The Morgan fingerprint density at radius 3 is 3.00 bits per heavy atom. The number of aromatic nitrogens is 4. The molecule has 1 amide bonds. The third-order valence-corrected chi connectivity index (χ3v) is 5.14. The predicted molar refractivity (Wildman–Crippen MR) is 109 cm³/mol. The topological polar surface area (TPSA) is 96.2 Å². The Kier molecular flexibility index (Phi) is 5.26. The fourth-order valence-corrected chi connectivity index (χ4v) is 3.56. The average molecular weight is 392 g/mol. The molecule has 1 aliphatic heterocycles. The summed E-state index contributed by atoms with van der Waals surface area (Å²) in [4.78, 5) is 27.1. The quantitative estimate of drug-likeness (QED) is 0.658. The number of β-amino-alcohol motifs (C(OH)–C–C–N with tert-alkyl or cyclic N) is 1. The Balaban J connectivity index is 1.36. The molecule has 8 heteroatoms. The highest BCUT2D eigenvalue weighted by Crippen LogP contribution is 2.25. The lowest BCUT2D eigenvalue weighted by molar-refractivity contribution is 0.0575. The highest BCUT2D eigenvalue weighted by molar-refractivity contribution is 5.94. The van der Waals surface area contributed by atoms with Gasteiger partial charge in [-0.3, -0.25) is 4.79 Å². The molecular formula is C21H24N6O2. The monoisotopic (exact) mass is 392 g/mol. The lowest BCUT2D eigenvalue weighted by Crippen LogP contribution is -2.45. The molecule has 0 saturated carbocycles. The molecular weight excluding hydrogens is 368 g/mol. The number of carbonyl (C=O) groups is 1. The molecule has 0 radical (unpaired) electrons. The summed E-state index contributed by atoms with van der Waals surface area (Å²) >= 11 is 0. The van der Waals surface area contributed by atoms with Gasteiger partial charge in [-0.15, -0.1) is 0 Å². The van der Waals surface area contributed by atoms with Crippen molar-refractivity contribution in [1.82, 2.24) is 24.8 Å². The van der Waals surface area contributed by atoms with Gasteiger partial charge >= 0.3 is 0 Å². The molecule has 1 saturated heterocycles. The van der Waals surface area contributed by atoms with E-state index >= 15 is 0 Å². The molecule has 1 fully saturated rings. The van der Waals surface area contributed by atoms with Crippen LogP contribution in [-0.4, -0.2) is 55.8 Å². The van der Waals surface area contributed by atoms with Gasteiger partial charge in [-0.1, -0.05) is 12.1 Å². The maximum absolute atomic E-state index is 12.6. The number of anilines is 1. The van der Waals surface area contributed by atoms with Gasteiger partial charge < -0.3 is 19.9 Å². The Morgan fingerprint density at radius 2 is 2.21 bits per heavy atom. The van der Waals surface area contributed by atoms with E-state index in [0.717, 1.165) is 17.1 Å². The van der Waals surface area contributed by atoms with Gasteiger partial charge in [0.2, 0.25) is 0 Å². The van der Waals surface area contributed by atoms with Crippen LogP contribution in [0.15, 0.2) is 55.4 Å². The third kappa shape index (κ3) is 4.60. The zero-order valence-corrected chi connectivity index (χ0v) is 16.3. The number of nitrogens with one attached hydrogen (secondary N) is 1. The average Bonchev–Trinajstić information content (AvgIpc) is 3.37. The normalized spacial score (nSPS) is 18.8. The van der Waals surface area contributed by atoms with Crippen LogP contribution >= 0.6 is 0 Å². The molecule has 2 aromatic heterocycles. The number of aryl methyl sites for hydroxylation is 1. The Labute approximate surface area is 169 Å². The molecule has 1 atom stereocenters. The highest BCUT2D eigenvalue weighted by Gasteiger charge is 2.37. The van der Waals surface area contributed by atoms with Crippen molar-refractivity contribution >= 4 is 11.7 Å². The van der Waals surface area contributed by atoms with E-state index in [1.165, 1.54) is 6.33 Å². The molecule has 0 unspecified atom stereocenters. The summed E-state index contributed by atoms with van der Waals surface area (Å²) in [7, 11) is 0. The van der Waals surface area contributed by atoms with Crippen molar-refractivity contribution in [3.63, 3.8) is 0 Å². The fraction of sp³-hybridized carbons (Fsp3) is 0.333. The van der Waals surface area contributed by atoms with E-state index in [9.17, 15) is 9.90 Å². The minimum atomic E-state index is -0.983. The number of imidazole rings is 1. The van der Waals surface area contributed by atoms with Crippen molar-refractivity contribution < 1.29 is 9.90 Å². The molecule has 29 heavy (non-hydrogen) atoms. The van der Waals surface area contributed by atoms with Gasteiger partial charge in [0.1, 0.15) is 17.7 Å². The summed E-state index contributed by atoms with van der Waals surface area (Å²) < 4.78 is 1.95. The van der Waals surface area contributed by atoms with Crippen molar-refractivity contribution in [3.05, 3.63) is 72.2 Å². The van der Waals surface area contributed by atoms with Crippen LogP contribution in [0.4, 0.5) is 5.82 Å². The fourth-order valence-electron chi connectivity index (χ4n) is 3.56. The molecule has 3 heterocycles. The van der Waals surface area contributed by atoms with Gasteiger partial charge in [0.25, 0.3) is 5.91 Å². The molecule has 0 aliphatic carbocycles. The van der Waals surface area contributed by atoms with E-state index in [-0.39, 0.29) is 12.5 Å². The van der Waals surface area contributed by atoms with Gasteiger partial charge in [0, 0.05) is 55.9 Å². The standard InChI is InChI=1S/C21H24N6O2/c1-16-9-19(25-14-24-16)27-7-5-21(29,13-27)12-23-20(28)18-4-2-3-17(10-18)11-26-8-6-22-15-26/h2-4,6,8-10,14-15,29H,5,7,11-13H2,1H3,(H,23,28)/t21-/m1/s1. The second-order valence-corrected chi connectivity index (χ2v) is 7.53. The zero-order valence-electron chi connectivity index (χ0n) is 16.3. The van der Waals surface area contributed by atoms with Crippen molar-refractivity contribution in [1.29, 1.82) is 0 Å². The first-order chi connectivity index (χ1) is 14.0. The van der Waals surface area contributed by atoms with Gasteiger partial charge in [-0.05, 0) is 31.0 Å². The van der Waals surface area contributed by atoms with Crippen molar-refractivity contribution in [2.45, 2.75) is 25.5 Å². The SMILES string of the molecule is Cc1cc(N2CC[C@@](O)(CNC(=O)c3cccc(Cn4ccnc4)c3)C2)ncn1. The molecule has 4 rings (SSSR count). The largest absolute Gasteiger partial charge is 0.386 e. The lowest BCUT2D eigenvalue weighted by atomic mass is 10.0. The van der Waals surface area contributed by atoms with Crippen molar-refractivity contribution in [3.8, 4) is 0 Å². The smallest absolute Gasteiger partial charge is 0.251 e. The van der Waals surface area contributed by atoms with Crippen LogP contribution in [0, 0.1) is 6.92 Å². The maximum atomic E-state index is 12.6. The van der Waals surface area contributed by atoms with E-state index < -0.39 is 5.60 Å². The Hall–Kier alpha value is -3.26. The molecule has 1 aromatic carbocycles. The van der Waals surface area contributed by atoms with Crippen LogP contribution < -0.4 is 10.2 Å². The number of nitrogens with zero attached hydrogens (tertiary/aromatic N) is 5. The number of hydrogen-bond donors (Lipinski definition) is 2. The predicted octanol–water partition coefficient (Wildman–Crippen LogP) is 1.40. The first-order valence-electron chi connectivity index (χ1n) is 9.60. The number of hydrogen-bond acceptors (Lipinski definition) is 6. The van der Waals surface area contributed by atoms with Crippen LogP contribution in [0.5, 0.6) is 0 Å². The molecule has 0 bridgehead atoms. The molecule has 0 spiro atoms. The molecule has 1 aliphatic rings. The van der Waals surface area contributed by atoms with Gasteiger partial charge in [-0.25, -0.2) is 15.0 Å². The summed E-state index contributed by atoms with van der Waals surface area (Å²) in [5, 5.41) is 13.8. The summed E-state index contributed by atoms with van der Waals surface area (Å²) in [5.74, 6) is 0.606. The van der Waals surface area contributed by atoms with E-state index in [2.05, 4.69) is 20.3 Å². The second-order valence-electron chi connectivity index (χ2n) is 7.53. The summed E-state index contributed by atoms with van der Waals surface area (Å²) in [6, 6.07) is 9.38. The van der Waals surface area contributed by atoms with Crippen molar-refractivity contribution in [2.24, 2.45) is 0 Å². The maximum Gasteiger partial charge on any atom is 0.251 e. The lowest BCUT2D eigenvalue weighted by Gasteiger charge is -2.24. The zero-order chi connectivity index (χ0) is 20.3. The van der Waals surface area contributed by atoms with Crippen LogP contribution in [0.2, 0.25) is 0 Å². The van der Waals surface area contributed by atoms with Crippen molar-refractivity contribution in [2.75, 3.05) is 24.5 Å². The molecule has 8 nitrogen and oxygen atoms in total. The third-order valence-electron chi connectivity index (χ3n) is 5.14. The summed E-state index contributed by atoms with van der Waals surface area (Å²) in [6.07, 6.45) is 7.45. The molecule has 3 aromatic rings. The summed E-state index contributed by atoms with van der Waals surface area (Å²) in [6.45, 7) is 3.86. The van der Waals surface area contributed by atoms with Crippen LogP contribution in [-0.2, 0) is 6.54 Å². The second kappa shape index (κ2) is 8.00. The first-order valence-corrected chi connectivity index (χ1v) is 9.60. The van der Waals surface area contributed by atoms with Crippen LogP contribution in [0.25, 0.3) is 0 Å². The van der Waals surface area contributed by atoms with E-state index in [0.29, 0.717) is 31.6 Å². The van der Waals surface area contributed by atoms with E-state index in [1.54, 1.807) is 18.6 Å². The van der Waals surface area contributed by atoms with Gasteiger partial charge in [-0.2, -0.15) is 0 Å². The summed E-state index contributed by atoms with van der Waals surface area (Å²) in [5.41, 5.74) is 1.49. The van der Waals surface area contributed by atoms with E-state index in [4.69, 9.17) is 0 Å². The number of carbonyl (C=O) groups excluding carboxylic acids is 1. The molecule has 150 valence electrons.